The number of hydrogen-bond donors (Lipinski definition) is 1. The van der Waals surface area contributed by atoms with Gasteiger partial charge in [-0.3, -0.25) is 9.59 Å². The smallest absolute Gasteiger partial charge is 0.243 e. The highest BCUT2D eigenvalue weighted by atomic mass is 16.6. The molecule has 39 heavy (non-hydrogen) atoms. The summed E-state index contributed by atoms with van der Waals surface area (Å²) in [6, 6.07) is 23.6. The van der Waals surface area contributed by atoms with E-state index in [2.05, 4.69) is 11.4 Å². The normalized spacial score (nSPS) is 15.5. The molecule has 0 aromatic heterocycles. The monoisotopic (exact) mass is 526 g/mol. The largest absolute Gasteiger partial charge is 0.486 e. The molecule has 0 spiro atoms. The lowest BCUT2D eigenvalue weighted by Gasteiger charge is -2.32. The Morgan fingerprint density at radius 1 is 0.872 bits per heavy atom. The van der Waals surface area contributed by atoms with Gasteiger partial charge in [-0.1, -0.05) is 79.1 Å². The Morgan fingerprint density at radius 2 is 1.62 bits per heavy atom. The highest BCUT2D eigenvalue weighted by Crippen LogP contribution is 2.31. The van der Waals surface area contributed by atoms with E-state index >= 15 is 0 Å². The van der Waals surface area contributed by atoms with Gasteiger partial charge < -0.3 is 19.7 Å². The number of carbonyl (C=O) groups is 2. The summed E-state index contributed by atoms with van der Waals surface area (Å²) in [6.07, 6.45) is 5.60. The van der Waals surface area contributed by atoms with Gasteiger partial charge in [-0.15, -0.1) is 0 Å². The Hall–Kier alpha value is -3.80. The molecule has 1 saturated carbocycles. The predicted octanol–water partition coefficient (Wildman–Crippen LogP) is 5.40. The summed E-state index contributed by atoms with van der Waals surface area (Å²) in [6.45, 7) is 3.50. The van der Waals surface area contributed by atoms with Crippen LogP contribution in [0.5, 0.6) is 11.5 Å². The van der Waals surface area contributed by atoms with Crippen molar-refractivity contribution in [3.8, 4) is 11.5 Å². The third-order valence-corrected chi connectivity index (χ3v) is 7.64. The molecule has 1 atom stereocenters. The number of aryl methyl sites for hydroxylation is 2. The number of benzene rings is 3. The first-order chi connectivity index (χ1) is 19.0. The van der Waals surface area contributed by atoms with Crippen LogP contribution in [0.4, 0.5) is 0 Å². The average molecular weight is 527 g/mol. The second kappa shape index (κ2) is 12.8. The van der Waals surface area contributed by atoms with E-state index < -0.39 is 6.04 Å². The maximum absolute atomic E-state index is 14.0. The summed E-state index contributed by atoms with van der Waals surface area (Å²) in [5.74, 6) is 1.37. The van der Waals surface area contributed by atoms with Crippen LogP contribution in [0.2, 0.25) is 0 Å². The first-order valence-electron chi connectivity index (χ1n) is 14.1. The second-order valence-corrected chi connectivity index (χ2v) is 10.7. The molecule has 0 saturated heterocycles. The predicted molar refractivity (Wildman–Crippen MR) is 152 cm³/mol. The minimum atomic E-state index is -0.596. The zero-order chi connectivity index (χ0) is 27.0. The van der Waals surface area contributed by atoms with E-state index in [9.17, 15) is 9.59 Å². The number of rotatable bonds is 10. The van der Waals surface area contributed by atoms with Crippen molar-refractivity contribution in [2.45, 2.75) is 70.5 Å². The van der Waals surface area contributed by atoms with E-state index in [1.807, 2.05) is 73.7 Å². The van der Waals surface area contributed by atoms with Crippen molar-refractivity contribution in [2.24, 2.45) is 0 Å². The van der Waals surface area contributed by atoms with Crippen LogP contribution in [-0.2, 0) is 29.0 Å². The highest BCUT2D eigenvalue weighted by Gasteiger charge is 2.32. The lowest BCUT2D eigenvalue weighted by atomic mass is 10.0. The summed E-state index contributed by atoms with van der Waals surface area (Å²) < 4.78 is 11.4. The number of amides is 2. The van der Waals surface area contributed by atoms with E-state index in [4.69, 9.17) is 9.47 Å². The van der Waals surface area contributed by atoms with Gasteiger partial charge in [0.05, 0.1) is 0 Å². The molecule has 6 heteroatoms. The number of fused-ring (bicyclic) bond motifs is 1. The van der Waals surface area contributed by atoms with Crippen molar-refractivity contribution in [3.05, 3.63) is 95.1 Å². The van der Waals surface area contributed by atoms with E-state index in [0.717, 1.165) is 59.4 Å². The van der Waals surface area contributed by atoms with Crippen LogP contribution in [-0.4, -0.2) is 42.0 Å². The molecule has 1 aliphatic heterocycles. The molecule has 0 radical (unpaired) electrons. The molecule has 1 fully saturated rings. The van der Waals surface area contributed by atoms with Crippen molar-refractivity contribution in [2.75, 3.05) is 13.2 Å². The highest BCUT2D eigenvalue weighted by molar-refractivity contribution is 5.88. The standard InChI is InChI=1S/C33H38N2O4/c1-24-8-7-11-27(20-24)23-35(32(36)17-15-26-14-16-30-31(22-26)39-19-18-38-30)29(21-25-9-3-2-4-10-25)33(37)34-28-12-5-6-13-28/h2-4,7-11,14,16,20,22,28-29H,5-6,12-13,15,17-19,21,23H2,1H3,(H,34,37)/t29-/m0/s1. The Labute approximate surface area is 231 Å². The molecular weight excluding hydrogens is 488 g/mol. The minimum Gasteiger partial charge on any atom is -0.486 e. The number of nitrogens with one attached hydrogen (secondary N) is 1. The number of carbonyl (C=O) groups excluding carboxylic acids is 2. The summed E-state index contributed by atoms with van der Waals surface area (Å²) in [5, 5.41) is 3.28. The van der Waals surface area contributed by atoms with Crippen LogP contribution >= 0.6 is 0 Å². The van der Waals surface area contributed by atoms with E-state index in [-0.39, 0.29) is 17.9 Å². The summed E-state index contributed by atoms with van der Waals surface area (Å²) in [5.41, 5.74) is 4.21. The van der Waals surface area contributed by atoms with Crippen LogP contribution in [0, 0.1) is 6.92 Å². The van der Waals surface area contributed by atoms with Gasteiger partial charge in [0.1, 0.15) is 19.3 Å². The lowest BCUT2D eigenvalue weighted by Crippen LogP contribution is -2.52. The van der Waals surface area contributed by atoms with Crippen LogP contribution in [0.15, 0.2) is 72.8 Å². The van der Waals surface area contributed by atoms with E-state index in [0.29, 0.717) is 39.0 Å². The number of hydrogen-bond acceptors (Lipinski definition) is 4. The molecule has 5 rings (SSSR count). The molecule has 2 aliphatic rings. The Kier molecular flexibility index (Phi) is 8.82. The lowest BCUT2D eigenvalue weighted by molar-refractivity contribution is -0.141. The molecule has 0 unspecified atom stereocenters. The quantitative estimate of drug-likeness (QED) is 0.384. The number of ether oxygens (including phenoxy) is 2. The summed E-state index contributed by atoms with van der Waals surface area (Å²) in [4.78, 5) is 29.6. The Balaban J connectivity index is 1.39. The molecule has 2 amide bonds. The first kappa shape index (κ1) is 26.8. The molecule has 1 N–H and O–H groups in total. The van der Waals surface area contributed by atoms with E-state index in [1.165, 1.54) is 0 Å². The fourth-order valence-corrected chi connectivity index (χ4v) is 5.57. The number of nitrogens with zero attached hydrogens (tertiary/aromatic N) is 1. The topological polar surface area (TPSA) is 67.9 Å². The average Bonchev–Trinajstić information content (AvgIpc) is 3.47. The van der Waals surface area contributed by atoms with Crippen LogP contribution in [0.25, 0.3) is 0 Å². The van der Waals surface area contributed by atoms with Gasteiger partial charge in [-0.2, -0.15) is 0 Å². The van der Waals surface area contributed by atoms with Crippen molar-refractivity contribution in [1.82, 2.24) is 10.2 Å². The maximum atomic E-state index is 14.0. The summed E-state index contributed by atoms with van der Waals surface area (Å²) in [7, 11) is 0. The molecule has 6 nitrogen and oxygen atoms in total. The SMILES string of the molecule is Cc1cccc(CN(C(=O)CCc2ccc3c(c2)OCCO3)[C@@H](Cc2ccccc2)C(=O)NC2CCCC2)c1. The zero-order valence-corrected chi connectivity index (χ0v) is 22.7. The second-order valence-electron chi connectivity index (χ2n) is 10.7. The Bertz CT molecular complexity index is 1270. The molecule has 0 bridgehead atoms. The molecule has 1 aliphatic carbocycles. The van der Waals surface area contributed by atoms with Crippen molar-refractivity contribution >= 4 is 11.8 Å². The minimum absolute atomic E-state index is 0.0334. The van der Waals surface area contributed by atoms with Gasteiger partial charge >= 0.3 is 0 Å². The zero-order valence-electron chi connectivity index (χ0n) is 22.7. The first-order valence-corrected chi connectivity index (χ1v) is 14.1. The Morgan fingerprint density at radius 3 is 2.38 bits per heavy atom. The van der Waals surface area contributed by atoms with Crippen LogP contribution in [0.3, 0.4) is 0 Å². The molecule has 3 aromatic carbocycles. The van der Waals surface area contributed by atoms with Crippen LogP contribution in [0.1, 0.15) is 54.4 Å². The van der Waals surface area contributed by atoms with Gasteiger partial charge in [0.15, 0.2) is 11.5 Å². The fraction of sp³-hybridized carbons (Fsp3) is 0.394. The van der Waals surface area contributed by atoms with Crippen LogP contribution < -0.4 is 14.8 Å². The van der Waals surface area contributed by atoms with Crippen molar-refractivity contribution < 1.29 is 19.1 Å². The van der Waals surface area contributed by atoms with Gasteiger partial charge in [0, 0.05) is 25.4 Å². The fourth-order valence-electron chi connectivity index (χ4n) is 5.57. The maximum Gasteiger partial charge on any atom is 0.243 e. The van der Waals surface area contributed by atoms with Gasteiger partial charge in [-0.05, 0) is 55.0 Å². The van der Waals surface area contributed by atoms with Gasteiger partial charge in [-0.25, -0.2) is 0 Å². The van der Waals surface area contributed by atoms with Crippen molar-refractivity contribution in [1.29, 1.82) is 0 Å². The molecule has 204 valence electrons. The van der Waals surface area contributed by atoms with E-state index in [1.54, 1.807) is 4.90 Å². The van der Waals surface area contributed by atoms with Gasteiger partial charge in [0.25, 0.3) is 0 Å². The summed E-state index contributed by atoms with van der Waals surface area (Å²) >= 11 is 0. The van der Waals surface area contributed by atoms with Gasteiger partial charge in [0.2, 0.25) is 11.8 Å². The molecule has 3 aromatic rings. The third kappa shape index (κ3) is 7.20. The third-order valence-electron chi connectivity index (χ3n) is 7.64. The molecular formula is C33H38N2O4. The molecule has 1 heterocycles. The van der Waals surface area contributed by atoms with Crippen molar-refractivity contribution in [3.63, 3.8) is 0 Å².